The molecule has 2 N–H and O–H groups in total. The fourth-order valence-corrected chi connectivity index (χ4v) is 2.98. The Morgan fingerprint density at radius 2 is 1.90 bits per heavy atom. The summed E-state index contributed by atoms with van der Waals surface area (Å²) < 4.78 is 22.8. The van der Waals surface area contributed by atoms with Crippen LogP contribution < -0.4 is 5.32 Å². The standard InChI is InChI=1S/C13H15NO5S/c1-20(18,19)9-4-2-8(3-5-9)10-6-12(15)14-7-11(10)13(16)17/h2-5,10-11H,6-7H2,1H3,(H,14,15)(H,16,17). The Balaban J connectivity index is 2.32. The summed E-state index contributed by atoms with van der Waals surface area (Å²) >= 11 is 0. The summed E-state index contributed by atoms with van der Waals surface area (Å²) in [4.78, 5) is 22.8. The summed E-state index contributed by atoms with van der Waals surface area (Å²) in [5, 5.41) is 11.7. The van der Waals surface area contributed by atoms with Crippen molar-refractivity contribution in [3.05, 3.63) is 29.8 Å². The quantitative estimate of drug-likeness (QED) is 0.840. The zero-order valence-corrected chi connectivity index (χ0v) is 11.7. The molecule has 1 fully saturated rings. The number of hydrogen-bond acceptors (Lipinski definition) is 4. The van der Waals surface area contributed by atoms with Crippen LogP contribution in [0.1, 0.15) is 17.9 Å². The molecule has 108 valence electrons. The molecule has 2 rings (SSSR count). The number of amides is 1. The van der Waals surface area contributed by atoms with Crippen molar-refractivity contribution in [2.75, 3.05) is 12.8 Å². The molecule has 2 atom stereocenters. The Bertz CT molecular complexity index is 635. The summed E-state index contributed by atoms with van der Waals surface area (Å²) in [6.45, 7) is 0.0899. The molecule has 1 saturated heterocycles. The number of sulfone groups is 1. The summed E-state index contributed by atoms with van der Waals surface area (Å²) in [6.07, 6.45) is 1.20. The van der Waals surface area contributed by atoms with Crippen LogP contribution in [0.5, 0.6) is 0 Å². The number of carboxylic acids is 1. The first-order valence-corrected chi connectivity index (χ1v) is 7.97. The van der Waals surface area contributed by atoms with Crippen LogP contribution in [0.2, 0.25) is 0 Å². The minimum Gasteiger partial charge on any atom is -0.481 e. The van der Waals surface area contributed by atoms with Gasteiger partial charge in [0.2, 0.25) is 5.91 Å². The first-order valence-electron chi connectivity index (χ1n) is 6.08. The zero-order chi connectivity index (χ0) is 14.9. The van der Waals surface area contributed by atoms with Gasteiger partial charge in [-0.05, 0) is 17.7 Å². The second-order valence-electron chi connectivity index (χ2n) is 4.90. The molecule has 20 heavy (non-hydrogen) atoms. The van der Waals surface area contributed by atoms with Crippen molar-refractivity contribution in [2.45, 2.75) is 17.2 Å². The minimum atomic E-state index is -3.29. The van der Waals surface area contributed by atoms with Crippen LogP contribution in [0.4, 0.5) is 0 Å². The molecule has 1 aliphatic rings. The second-order valence-corrected chi connectivity index (χ2v) is 6.92. The van der Waals surface area contributed by atoms with Gasteiger partial charge in [0.15, 0.2) is 9.84 Å². The molecule has 0 saturated carbocycles. The van der Waals surface area contributed by atoms with E-state index in [0.717, 1.165) is 6.26 Å². The molecule has 0 aliphatic carbocycles. The lowest BCUT2D eigenvalue weighted by Gasteiger charge is -2.29. The van der Waals surface area contributed by atoms with Crippen molar-refractivity contribution >= 4 is 21.7 Å². The van der Waals surface area contributed by atoms with E-state index in [1.807, 2.05) is 0 Å². The molecule has 1 aromatic carbocycles. The highest BCUT2D eigenvalue weighted by Gasteiger charge is 2.35. The van der Waals surface area contributed by atoms with Crippen LogP contribution in [0.25, 0.3) is 0 Å². The van der Waals surface area contributed by atoms with Crippen molar-refractivity contribution in [1.82, 2.24) is 5.32 Å². The molecule has 0 bridgehead atoms. The Hall–Kier alpha value is -1.89. The largest absolute Gasteiger partial charge is 0.481 e. The van der Waals surface area contributed by atoms with Crippen LogP contribution in [0, 0.1) is 5.92 Å². The maximum atomic E-state index is 11.4. The third-order valence-corrected chi connectivity index (χ3v) is 4.59. The van der Waals surface area contributed by atoms with E-state index in [1.54, 1.807) is 12.1 Å². The van der Waals surface area contributed by atoms with Crippen LogP contribution in [-0.2, 0) is 19.4 Å². The number of carbonyl (C=O) groups excluding carboxylic acids is 1. The summed E-state index contributed by atoms with van der Waals surface area (Å²) in [5.41, 5.74) is 0.666. The van der Waals surface area contributed by atoms with Gasteiger partial charge in [0.1, 0.15) is 0 Å². The summed E-state index contributed by atoms with van der Waals surface area (Å²) in [5.74, 6) is -2.30. The molecule has 0 radical (unpaired) electrons. The molecule has 0 spiro atoms. The average Bonchev–Trinajstić information content (AvgIpc) is 2.37. The molecular formula is C13H15NO5S. The molecule has 6 nitrogen and oxygen atoms in total. The second kappa shape index (κ2) is 5.24. The molecule has 1 heterocycles. The van der Waals surface area contributed by atoms with E-state index >= 15 is 0 Å². The summed E-state index contributed by atoms with van der Waals surface area (Å²) in [7, 11) is -3.29. The first kappa shape index (κ1) is 14.5. The van der Waals surface area contributed by atoms with Crippen molar-refractivity contribution in [3.63, 3.8) is 0 Å². The Kier molecular flexibility index (Phi) is 3.80. The highest BCUT2D eigenvalue weighted by atomic mass is 32.2. The predicted molar refractivity (Wildman–Crippen MR) is 71.0 cm³/mol. The number of carbonyl (C=O) groups is 2. The molecule has 1 aromatic rings. The van der Waals surface area contributed by atoms with Gasteiger partial charge in [0.05, 0.1) is 10.8 Å². The van der Waals surface area contributed by atoms with E-state index in [2.05, 4.69) is 5.32 Å². The van der Waals surface area contributed by atoms with Gasteiger partial charge in [-0.15, -0.1) is 0 Å². The number of rotatable bonds is 3. The number of nitrogens with one attached hydrogen (secondary N) is 1. The van der Waals surface area contributed by atoms with Gasteiger partial charge in [-0.3, -0.25) is 9.59 Å². The Morgan fingerprint density at radius 3 is 2.40 bits per heavy atom. The number of hydrogen-bond donors (Lipinski definition) is 2. The normalized spacial score (nSPS) is 23.1. The topological polar surface area (TPSA) is 101 Å². The number of piperidine rings is 1. The fraction of sp³-hybridized carbons (Fsp3) is 0.385. The number of carboxylic acid groups (broad SMARTS) is 1. The third-order valence-electron chi connectivity index (χ3n) is 3.46. The van der Waals surface area contributed by atoms with E-state index in [-0.39, 0.29) is 23.8 Å². The minimum absolute atomic E-state index is 0.0899. The summed E-state index contributed by atoms with van der Waals surface area (Å²) in [6, 6.07) is 6.04. The average molecular weight is 297 g/mol. The Labute approximate surface area is 116 Å². The SMILES string of the molecule is CS(=O)(=O)c1ccc(C2CC(=O)NCC2C(=O)O)cc1. The lowest BCUT2D eigenvalue weighted by molar-refractivity contribution is -0.144. The lowest BCUT2D eigenvalue weighted by Crippen LogP contribution is -2.43. The number of aliphatic carboxylic acids is 1. The third kappa shape index (κ3) is 2.98. The molecule has 0 aromatic heterocycles. The van der Waals surface area contributed by atoms with Gasteiger partial charge in [-0.2, -0.15) is 0 Å². The Morgan fingerprint density at radius 1 is 1.30 bits per heavy atom. The predicted octanol–water partition coefficient (Wildman–Crippen LogP) is 0.394. The molecule has 1 aliphatic heterocycles. The van der Waals surface area contributed by atoms with E-state index < -0.39 is 27.6 Å². The van der Waals surface area contributed by atoms with Gasteiger partial charge in [-0.1, -0.05) is 12.1 Å². The van der Waals surface area contributed by atoms with Crippen LogP contribution >= 0.6 is 0 Å². The monoisotopic (exact) mass is 297 g/mol. The van der Waals surface area contributed by atoms with E-state index in [0.29, 0.717) is 5.56 Å². The molecule has 1 amide bonds. The van der Waals surface area contributed by atoms with Crippen LogP contribution in [0.3, 0.4) is 0 Å². The van der Waals surface area contributed by atoms with E-state index in [4.69, 9.17) is 0 Å². The van der Waals surface area contributed by atoms with Crippen LogP contribution in [0.15, 0.2) is 29.2 Å². The maximum absolute atomic E-state index is 11.4. The van der Waals surface area contributed by atoms with Gasteiger partial charge < -0.3 is 10.4 Å². The number of benzene rings is 1. The van der Waals surface area contributed by atoms with E-state index in [1.165, 1.54) is 12.1 Å². The van der Waals surface area contributed by atoms with Gasteiger partial charge in [0, 0.05) is 25.1 Å². The van der Waals surface area contributed by atoms with Crippen molar-refractivity contribution in [3.8, 4) is 0 Å². The van der Waals surface area contributed by atoms with Crippen molar-refractivity contribution < 1.29 is 23.1 Å². The van der Waals surface area contributed by atoms with Crippen LogP contribution in [-0.4, -0.2) is 38.2 Å². The van der Waals surface area contributed by atoms with Gasteiger partial charge in [0.25, 0.3) is 0 Å². The fourth-order valence-electron chi connectivity index (χ4n) is 2.35. The molecular weight excluding hydrogens is 282 g/mol. The highest BCUT2D eigenvalue weighted by molar-refractivity contribution is 7.90. The lowest BCUT2D eigenvalue weighted by atomic mass is 9.81. The van der Waals surface area contributed by atoms with E-state index in [9.17, 15) is 23.1 Å². The zero-order valence-electron chi connectivity index (χ0n) is 10.9. The maximum Gasteiger partial charge on any atom is 0.308 e. The van der Waals surface area contributed by atoms with Crippen molar-refractivity contribution in [2.24, 2.45) is 5.92 Å². The van der Waals surface area contributed by atoms with Gasteiger partial charge in [-0.25, -0.2) is 8.42 Å². The smallest absolute Gasteiger partial charge is 0.308 e. The van der Waals surface area contributed by atoms with Crippen molar-refractivity contribution in [1.29, 1.82) is 0 Å². The molecule has 7 heteroatoms. The molecule has 2 unspecified atom stereocenters. The highest BCUT2D eigenvalue weighted by Crippen LogP contribution is 2.31. The first-order chi connectivity index (χ1) is 9.29. The van der Waals surface area contributed by atoms with Gasteiger partial charge >= 0.3 is 5.97 Å².